The maximum absolute atomic E-state index is 11.6. The molecule has 5 heteroatoms. The quantitative estimate of drug-likeness (QED) is 0.801. The van der Waals surface area contributed by atoms with Crippen LogP contribution in [0.15, 0.2) is 34.9 Å². The summed E-state index contributed by atoms with van der Waals surface area (Å²) in [5.41, 5.74) is 10.4. The number of nitrogens with two attached hydrogens (primary N) is 1. The number of nitrogens with one attached hydrogen (secondary N) is 1. The summed E-state index contributed by atoms with van der Waals surface area (Å²) in [6.45, 7) is 0. The van der Waals surface area contributed by atoms with Crippen LogP contribution in [-0.2, 0) is 4.79 Å². The lowest BCUT2D eigenvalue weighted by atomic mass is 10.0. The van der Waals surface area contributed by atoms with Gasteiger partial charge in [0.15, 0.2) is 0 Å². The minimum absolute atomic E-state index is 0.113. The molecule has 1 heterocycles. The zero-order valence-electron chi connectivity index (χ0n) is 10.5. The second-order valence-corrected chi connectivity index (χ2v) is 4.43. The molecule has 1 unspecified atom stereocenters. The van der Waals surface area contributed by atoms with E-state index in [1.165, 1.54) is 0 Å². The van der Waals surface area contributed by atoms with Crippen LogP contribution in [0.5, 0.6) is 0 Å². The third-order valence-corrected chi connectivity index (χ3v) is 2.66. The third kappa shape index (κ3) is 2.69. The normalized spacial score (nSPS) is 12.9. The number of fused-ring (bicyclic) bond motifs is 1. The number of furan rings is 1. The summed E-state index contributed by atoms with van der Waals surface area (Å²) in [5, 5.41) is 2.56. The van der Waals surface area contributed by atoms with Crippen molar-refractivity contribution in [1.29, 1.82) is 0 Å². The minimum atomic E-state index is -0.367. The molecule has 1 aromatic heterocycles. The van der Waals surface area contributed by atoms with Crippen LogP contribution in [0.25, 0.3) is 11.0 Å². The average Bonchev–Trinajstić information content (AvgIpc) is 2.71. The van der Waals surface area contributed by atoms with Gasteiger partial charge in [-0.3, -0.25) is 10.2 Å². The zero-order chi connectivity index (χ0) is 13.1. The van der Waals surface area contributed by atoms with Crippen molar-refractivity contribution in [3.05, 3.63) is 36.1 Å². The molecule has 3 N–H and O–H groups in total. The first-order valence-corrected chi connectivity index (χ1v) is 5.76. The molecule has 0 radical (unpaired) electrons. The lowest BCUT2D eigenvalue weighted by Gasteiger charge is -2.14. The number of carbonyl (C=O) groups is 1. The third-order valence-electron chi connectivity index (χ3n) is 2.66. The van der Waals surface area contributed by atoms with E-state index in [9.17, 15) is 4.79 Å². The van der Waals surface area contributed by atoms with Crippen molar-refractivity contribution < 1.29 is 9.21 Å². The van der Waals surface area contributed by atoms with Crippen LogP contribution < -0.4 is 11.2 Å². The first-order valence-electron chi connectivity index (χ1n) is 5.76. The van der Waals surface area contributed by atoms with Gasteiger partial charge in [-0.15, -0.1) is 0 Å². The van der Waals surface area contributed by atoms with Crippen LogP contribution in [0, 0.1) is 0 Å². The summed E-state index contributed by atoms with van der Waals surface area (Å²) < 4.78 is 5.41. The highest BCUT2D eigenvalue weighted by Gasteiger charge is 2.16. The van der Waals surface area contributed by atoms with Crippen LogP contribution in [-0.4, -0.2) is 25.0 Å². The van der Waals surface area contributed by atoms with E-state index in [4.69, 9.17) is 10.2 Å². The van der Waals surface area contributed by atoms with Crippen LogP contribution in [0.2, 0.25) is 0 Å². The Bertz CT molecular complexity index is 548. The fraction of sp³-hybridized carbons (Fsp3) is 0.308. The van der Waals surface area contributed by atoms with Crippen molar-refractivity contribution in [3.63, 3.8) is 0 Å². The molecule has 5 nitrogen and oxygen atoms in total. The van der Waals surface area contributed by atoms with Crippen LogP contribution in [0.1, 0.15) is 18.0 Å². The van der Waals surface area contributed by atoms with Gasteiger partial charge in [0, 0.05) is 37.5 Å². The predicted octanol–water partition coefficient (Wildman–Crippen LogP) is 1.42. The highest BCUT2D eigenvalue weighted by molar-refractivity contribution is 5.83. The molecule has 0 spiro atoms. The number of nitrogens with zero attached hydrogens (tertiary/aromatic N) is 1. The van der Waals surface area contributed by atoms with E-state index in [-0.39, 0.29) is 18.4 Å². The SMILES string of the molecule is CN(C)NC(=O)CC(N)c1coc2ccccc12. The molecule has 1 atom stereocenters. The Morgan fingerprint density at radius 1 is 1.44 bits per heavy atom. The second kappa shape index (κ2) is 5.20. The maximum Gasteiger partial charge on any atom is 0.236 e. The van der Waals surface area contributed by atoms with Gasteiger partial charge < -0.3 is 10.2 Å². The number of hydrazine groups is 1. The number of carbonyl (C=O) groups excluding carboxylic acids is 1. The van der Waals surface area contributed by atoms with E-state index in [1.807, 2.05) is 24.3 Å². The largest absolute Gasteiger partial charge is 0.464 e. The fourth-order valence-electron chi connectivity index (χ4n) is 1.89. The minimum Gasteiger partial charge on any atom is -0.464 e. The fourth-order valence-corrected chi connectivity index (χ4v) is 1.89. The number of hydrogen-bond acceptors (Lipinski definition) is 4. The summed E-state index contributed by atoms with van der Waals surface area (Å²) >= 11 is 0. The molecule has 0 saturated heterocycles. The molecule has 18 heavy (non-hydrogen) atoms. The molecule has 0 fully saturated rings. The monoisotopic (exact) mass is 247 g/mol. The Morgan fingerprint density at radius 3 is 2.89 bits per heavy atom. The molecule has 1 aromatic carbocycles. The van der Waals surface area contributed by atoms with E-state index < -0.39 is 0 Å². The Kier molecular flexibility index (Phi) is 3.64. The summed E-state index contributed by atoms with van der Waals surface area (Å²) in [7, 11) is 3.52. The van der Waals surface area contributed by atoms with Gasteiger partial charge in [0.05, 0.1) is 6.26 Å². The first-order chi connectivity index (χ1) is 8.58. The number of benzene rings is 1. The zero-order valence-corrected chi connectivity index (χ0v) is 10.5. The predicted molar refractivity (Wildman–Crippen MR) is 69.6 cm³/mol. The van der Waals surface area contributed by atoms with Gasteiger partial charge in [-0.25, -0.2) is 5.01 Å². The molecule has 2 rings (SSSR count). The average molecular weight is 247 g/mol. The van der Waals surface area contributed by atoms with Gasteiger partial charge in [0.25, 0.3) is 0 Å². The number of hydrogen-bond donors (Lipinski definition) is 2. The van der Waals surface area contributed by atoms with E-state index in [0.717, 1.165) is 16.5 Å². The van der Waals surface area contributed by atoms with Gasteiger partial charge in [0.1, 0.15) is 5.58 Å². The Labute approximate surface area is 106 Å². The highest BCUT2D eigenvalue weighted by Crippen LogP contribution is 2.26. The van der Waals surface area contributed by atoms with Gasteiger partial charge in [-0.1, -0.05) is 18.2 Å². The molecule has 0 bridgehead atoms. The highest BCUT2D eigenvalue weighted by atomic mass is 16.3. The van der Waals surface area contributed by atoms with Crippen LogP contribution in [0.4, 0.5) is 0 Å². The lowest BCUT2D eigenvalue weighted by Crippen LogP contribution is -2.37. The van der Waals surface area contributed by atoms with Gasteiger partial charge in [0.2, 0.25) is 5.91 Å². The maximum atomic E-state index is 11.6. The molecule has 0 aliphatic heterocycles. The van der Waals surface area contributed by atoms with Gasteiger partial charge in [-0.05, 0) is 6.07 Å². The van der Waals surface area contributed by atoms with Gasteiger partial charge >= 0.3 is 0 Å². The standard InChI is InChI=1S/C13H17N3O2/c1-16(2)15-13(17)7-11(14)10-8-18-12-6-4-3-5-9(10)12/h3-6,8,11H,7,14H2,1-2H3,(H,15,17). The second-order valence-electron chi connectivity index (χ2n) is 4.43. The van der Waals surface area contributed by atoms with E-state index in [0.29, 0.717) is 0 Å². The van der Waals surface area contributed by atoms with Crippen molar-refractivity contribution in [3.8, 4) is 0 Å². The number of para-hydroxylation sites is 1. The Morgan fingerprint density at radius 2 is 2.17 bits per heavy atom. The first kappa shape index (κ1) is 12.6. The molecule has 96 valence electrons. The number of amides is 1. The Balaban J connectivity index is 2.14. The topological polar surface area (TPSA) is 71.5 Å². The lowest BCUT2D eigenvalue weighted by molar-refractivity contribution is -0.125. The number of rotatable bonds is 4. The smallest absolute Gasteiger partial charge is 0.236 e. The molecule has 0 aliphatic carbocycles. The van der Waals surface area contributed by atoms with E-state index in [1.54, 1.807) is 25.4 Å². The van der Waals surface area contributed by atoms with Crippen LogP contribution >= 0.6 is 0 Å². The van der Waals surface area contributed by atoms with Gasteiger partial charge in [-0.2, -0.15) is 0 Å². The van der Waals surface area contributed by atoms with Crippen molar-refractivity contribution in [1.82, 2.24) is 10.4 Å². The molecule has 0 saturated carbocycles. The summed E-state index contributed by atoms with van der Waals surface area (Å²) in [5.74, 6) is -0.113. The Hall–Kier alpha value is -1.85. The van der Waals surface area contributed by atoms with Crippen molar-refractivity contribution >= 4 is 16.9 Å². The molecule has 2 aromatic rings. The molecular weight excluding hydrogens is 230 g/mol. The summed E-state index contributed by atoms with van der Waals surface area (Å²) in [6.07, 6.45) is 1.85. The summed E-state index contributed by atoms with van der Waals surface area (Å²) in [6, 6.07) is 7.28. The van der Waals surface area contributed by atoms with Crippen molar-refractivity contribution in [2.75, 3.05) is 14.1 Å². The molecular formula is C13H17N3O2. The van der Waals surface area contributed by atoms with Crippen molar-refractivity contribution in [2.24, 2.45) is 5.73 Å². The summed E-state index contributed by atoms with van der Waals surface area (Å²) in [4.78, 5) is 11.6. The molecule has 1 amide bonds. The van der Waals surface area contributed by atoms with Crippen LogP contribution in [0.3, 0.4) is 0 Å². The van der Waals surface area contributed by atoms with Crippen molar-refractivity contribution in [2.45, 2.75) is 12.5 Å². The van der Waals surface area contributed by atoms with E-state index >= 15 is 0 Å². The van der Waals surface area contributed by atoms with E-state index in [2.05, 4.69) is 5.43 Å². The molecule has 0 aliphatic rings.